The maximum Gasteiger partial charge on any atom is 0.407 e. The Kier molecular flexibility index (Phi) is 7.06. The Bertz CT molecular complexity index is 664. The van der Waals surface area contributed by atoms with Crippen molar-refractivity contribution in [3.05, 3.63) is 24.4 Å². The van der Waals surface area contributed by atoms with Crippen LogP contribution in [0.1, 0.15) is 33.6 Å². The van der Waals surface area contributed by atoms with E-state index < -0.39 is 5.60 Å². The molecule has 0 saturated carbocycles. The number of aromatic amines is 1. The van der Waals surface area contributed by atoms with Gasteiger partial charge in [0.05, 0.1) is 18.3 Å². The largest absolute Gasteiger partial charge is 0.444 e. The molecule has 0 unspecified atom stereocenters. The first-order chi connectivity index (χ1) is 12.0. The van der Waals surface area contributed by atoms with Crippen LogP contribution in [0.5, 0.6) is 0 Å². The molecule has 0 radical (unpaired) electrons. The number of H-pyrrole nitrogens is 1. The van der Waals surface area contributed by atoms with Crippen LogP contribution >= 0.6 is 0 Å². The standard InChI is InChI=1S/C18H28N4O3/c1-18(2,3)25-17(23)20-9-4-5-11-24-12-10-19-15-7-6-8-16-14(15)13-21-22-16/h6-8,13,19H,4-5,9-12H2,1-3H3,(H,20,23)(H,21,22). The molecule has 3 N–H and O–H groups in total. The Morgan fingerprint density at radius 3 is 2.84 bits per heavy atom. The fraction of sp³-hybridized carbons (Fsp3) is 0.556. The zero-order valence-electron chi connectivity index (χ0n) is 15.2. The zero-order valence-corrected chi connectivity index (χ0v) is 15.2. The Labute approximate surface area is 148 Å². The number of carbonyl (C=O) groups is 1. The number of carbonyl (C=O) groups excluding carboxylic acids is 1. The van der Waals surface area contributed by atoms with Gasteiger partial charge in [0.2, 0.25) is 0 Å². The van der Waals surface area contributed by atoms with Crippen molar-refractivity contribution >= 4 is 22.7 Å². The summed E-state index contributed by atoms with van der Waals surface area (Å²) < 4.78 is 10.8. The lowest BCUT2D eigenvalue weighted by Gasteiger charge is -2.19. The fourth-order valence-electron chi connectivity index (χ4n) is 2.32. The Morgan fingerprint density at radius 2 is 2.04 bits per heavy atom. The average Bonchev–Trinajstić information content (AvgIpc) is 3.01. The molecular formula is C18H28N4O3. The van der Waals surface area contributed by atoms with Gasteiger partial charge in [-0.1, -0.05) is 6.07 Å². The number of unbranched alkanes of at least 4 members (excludes halogenated alkanes) is 1. The number of alkyl carbamates (subject to hydrolysis) is 1. The zero-order chi connectivity index (χ0) is 18.1. The first-order valence-corrected chi connectivity index (χ1v) is 8.66. The van der Waals surface area contributed by atoms with Crippen LogP contribution in [-0.2, 0) is 9.47 Å². The molecular weight excluding hydrogens is 320 g/mol. The highest BCUT2D eigenvalue weighted by Crippen LogP contribution is 2.20. The minimum Gasteiger partial charge on any atom is -0.444 e. The summed E-state index contributed by atoms with van der Waals surface area (Å²) in [5.74, 6) is 0. The number of amides is 1. The first-order valence-electron chi connectivity index (χ1n) is 8.66. The number of nitrogens with one attached hydrogen (secondary N) is 3. The number of ether oxygens (including phenoxy) is 2. The van der Waals surface area contributed by atoms with Crippen molar-refractivity contribution in [1.82, 2.24) is 15.5 Å². The molecule has 0 aliphatic rings. The quantitative estimate of drug-likeness (QED) is 0.605. The minimum atomic E-state index is -0.457. The first kappa shape index (κ1) is 19.1. The van der Waals surface area contributed by atoms with Crippen LogP contribution < -0.4 is 10.6 Å². The van der Waals surface area contributed by atoms with Crippen molar-refractivity contribution < 1.29 is 14.3 Å². The van der Waals surface area contributed by atoms with Crippen molar-refractivity contribution in [3.8, 4) is 0 Å². The molecule has 1 amide bonds. The van der Waals surface area contributed by atoms with Gasteiger partial charge in [0.15, 0.2) is 0 Å². The van der Waals surface area contributed by atoms with Crippen LogP contribution in [0.4, 0.5) is 10.5 Å². The maximum atomic E-state index is 11.5. The Balaban J connectivity index is 1.49. The average molecular weight is 348 g/mol. The number of hydrogen-bond donors (Lipinski definition) is 3. The van der Waals surface area contributed by atoms with E-state index in [2.05, 4.69) is 20.8 Å². The van der Waals surface area contributed by atoms with Crippen LogP contribution in [0.3, 0.4) is 0 Å². The summed E-state index contributed by atoms with van der Waals surface area (Å²) in [6.07, 6.45) is 3.20. The summed E-state index contributed by atoms with van der Waals surface area (Å²) in [5.41, 5.74) is 1.61. The molecule has 7 nitrogen and oxygen atoms in total. The molecule has 0 aliphatic carbocycles. The van der Waals surface area contributed by atoms with E-state index in [9.17, 15) is 4.79 Å². The number of nitrogens with zero attached hydrogens (tertiary/aromatic N) is 1. The molecule has 0 saturated heterocycles. The van der Waals surface area contributed by atoms with Gasteiger partial charge in [-0.2, -0.15) is 5.10 Å². The summed E-state index contributed by atoms with van der Waals surface area (Å²) in [4.78, 5) is 11.5. The van der Waals surface area contributed by atoms with E-state index in [0.717, 1.165) is 36.0 Å². The van der Waals surface area contributed by atoms with Gasteiger partial charge in [0.1, 0.15) is 5.60 Å². The van der Waals surface area contributed by atoms with E-state index in [4.69, 9.17) is 9.47 Å². The van der Waals surface area contributed by atoms with Crippen LogP contribution in [0.25, 0.3) is 10.9 Å². The van der Waals surface area contributed by atoms with E-state index >= 15 is 0 Å². The molecule has 1 heterocycles. The number of aromatic nitrogens is 2. The SMILES string of the molecule is CC(C)(C)OC(=O)NCCCCOCCNc1cccc2[nH]ncc12. The van der Waals surface area contributed by atoms with E-state index in [1.165, 1.54) is 0 Å². The van der Waals surface area contributed by atoms with E-state index in [-0.39, 0.29) is 6.09 Å². The van der Waals surface area contributed by atoms with Gasteiger partial charge in [0.25, 0.3) is 0 Å². The Hall–Kier alpha value is -2.28. The molecule has 0 fully saturated rings. The summed E-state index contributed by atoms with van der Waals surface area (Å²) >= 11 is 0. The van der Waals surface area contributed by atoms with Crippen LogP contribution in [0.2, 0.25) is 0 Å². The molecule has 1 aromatic carbocycles. The van der Waals surface area contributed by atoms with Crippen molar-refractivity contribution in [2.45, 2.75) is 39.2 Å². The van der Waals surface area contributed by atoms with Gasteiger partial charge in [-0.15, -0.1) is 0 Å². The maximum absolute atomic E-state index is 11.5. The number of benzene rings is 1. The molecule has 1 aromatic heterocycles. The lowest BCUT2D eigenvalue weighted by Crippen LogP contribution is -2.33. The van der Waals surface area contributed by atoms with Gasteiger partial charge in [-0.25, -0.2) is 4.79 Å². The van der Waals surface area contributed by atoms with Gasteiger partial charge < -0.3 is 20.1 Å². The van der Waals surface area contributed by atoms with E-state index in [0.29, 0.717) is 19.8 Å². The van der Waals surface area contributed by atoms with Gasteiger partial charge in [-0.3, -0.25) is 5.10 Å². The molecule has 7 heteroatoms. The lowest BCUT2D eigenvalue weighted by molar-refractivity contribution is 0.0524. The summed E-state index contributed by atoms with van der Waals surface area (Å²) in [5, 5.41) is 14.2. The van der Waals surface area contributed by atoms with E-state index in [1.54, 1.807) is 0 Å². The van der Waals surface area contributed by atoms with Crippen LogP contribution in [0.15, 0.2) is 24.4 Å². The third-order valence-electron chi connectivity index (χ3n) is 3.43. The van der Waals surface area contributed by atoms with E-state index in [1.807, 2.05) is 45.2 Å². The summed E-state index contributed by atoms with van der Waals surface area (Å²) in [6, 6.07) is 6.01. The third-order valence-corrected chi connectivity index (χ3v) is 3.43. The normalized spacial score (nSPS) is 11.5. The molecule has 0 atom stereocenters. The third kappa shape index (κ3) is 7.01. The molecule has 2 aromatic rings. The molecule has 2 rings (SSSR count). The van der Waals surface area contributed by atoms with Gasteiger partial charge in [-0.05, 0) is 45.7 Å². The molecule has 0 spiro atoms. The summed E-state index contributed by atoms with van der Waals surface area (Å²) in [7, 11) is 0. The topological polar surface area (TPSA) is 88.3 Å². The predicted octanol–water partition coefficient (Wildman–Crippen LogP) is 3.30. The smallest absolute Gasteiger partial charge is 0.407 e. The van der Waals surface area contributed by atoms with Crippen molar-refractivity contribution in [1.29, 1.82) is 0 Å². The highest BCUT2D eigenvalue weighted by Gasteiger charge is 2.15. The molecule has 0 bridgehead atoms. The molecule has 25 heavy (non-hydrogen) atoms. The second kappa shape index (κ2) is 9.27. The highest BCUT2D eigenvalue weighted by atomic mass is 16.6. The monoisotopic (exact) mass is 348 g/mol. The number of hydrogen-bond acceptors (Lipinski definition) is 5. The van der Waals surface area contributed by atoms with Crippen molar-refractivity contribution in [2.24, 2.45) is 0 Å². The molecule has 138 valence electrons. The second-order valence-corrected chi connectivity index (χ2v) is 6.81. The lowest BCUT2D eigenvalue weighted by atomic mass is 10.2. The Morgan fingerprint density at radius 1 is 1.20 bits per heavy atom. The fourth-order valence-corrected chi connectivity index (χ4v) is 2.32. The predicted molar refractivity (Wildman–Crippen MR) is 98.9 cm³/mol. The highest BCUT2D eigenvalue weighted by molar-refractivity contribution is 5.90. The van der Waals surface area contributed by atoms with Gasteiger partial charge in [0, 0.05) is 30.8 Å². The van der Waals surface area contributed by atoms with Crippen molar-refractivity contribution in [2.75, 3.05) is 31.6 Å². The van der Waals surface area contributed by atoms with Crippen LogP contribution in [0, 0.1) is 0 Å². The van der Waals surface area contributed by atoms with Gasteiger partial charge >= 0.3 is 6.09 Å². The number of anilines is 1. The minimum absolute atomic E-state index is 0.369. The van der Waals surface area contributed by atoms with Crippen LogP contribution in [-0.4, -0.2) is 48.2 Å². The number of rotatable bonds is 9. The second-order valence-electron chi connectivity index (χ2n) is 6.81. The number of fused-ring (bicyclic) bond motifs is 1. The van der Waals surface area contributed by atoms with Crippen molar-refractivity contribution in [3.63, 3.8) is 0 Å². The molecule has 0 aliphatic heterocycles. The summed E-state index contributed by atoms with van der Waals surface area (Å²) in [6.45, 7) is 8.19.